The predicted molar refractivity (Wildman–Crippen MR) is 123 cm³/mol. The molecular weight excluding hydrogens is 436 g/mol. The third kappa shape index (κ3) is 4.75. The zero-order chi connectivity index (χ0) is 22.9. The van der Waals surface area contributed by atoms with Gasteiger partial charge in [-0.2, -0.15) is 8.78 Å². The number of aromatic nitrogens is 2. The third-order valence-corrected chi connectivity index (χ3v) is 5.96. The number of aryl methyl sites for hydroxylation is 1. The molecule has 6 nitrogen and oxygen atoms in total. The minimum absolute atomic E-state index is 0.0424. The maximum atomic E-state index is 13.7. The number of carbonyl (C=O) groups excluding carboxylic acids is 1. The molecule has 0 aliphatic carbocycles. The van der Waals surface area contributed by atoms with Gasteiger partial charge in [-0.25, -0.2) is 9.78 Å². The van der Waals surface area contributed by atoms with Gasteiger partial charge in [0, 0.05) is 48.7 Å². The first-order chi connectivity index (χ1) is 15.2. The van der Waals surface area contributed by atoms with Crippen LogP contribution in [0.3, 0.4) is 0 Å². The molecule has 4 rings (SSSR count). The molecule has 0 bridgehead atoms. The molecule has 3 aromatic rings. The van der Waals surface area contributed by atoms with E-state index in [1.165, 1.54) is 12.1 Å². The fourth-order valence-corrected chi connectivity index (χ4v) is 4.16. The van der Waals surface area contributed by atoms with Crippen molar-refractivity contribution >= 4 is 39.9 Å². The van der Waals surface area contributed by atoms with Gasteiger partial charge in [-0.05, 0) is 44.0 Å². The van der Waals surface area contributed by atoms with Crippen molar-refractivity contribution in [2.75, 3.05) is 23.3 Å². The average Bonchev–Trinajstić information content (AvgIpc) is 2.75. The second-order valence-electron chi connectivity index (χ2n) is 8.05. The van der Waals surface area contributed by atoms with E-state index in [9.17, 15) is 13.6 Å². The number of nitrogens with one attached hydrogen (secondary N) is 2. The number of piperidine rings is 1. The molecule has 2 N–H and O–H groups in total. The lowest BCUT2D eigenvalue weighted by Crippen LogP contribution is -2.46. The van der Waals surface area contributed by atoms with Crippen LogP contribution in [0.1, 0.15) is 31.2 Å². The highest BCUT2D eigenvalue weighted by atomic mass is 35.5. The summed E-state index contributed by atoms with van der Waals surface area (Å²) in [6.07, 6.45) is 3.02. The van der Waals surface area contributed by atoms with E-state index in [1.807, 2.05) is 36.1 Å². The highest BCUT2D eigenvalue weighted by Gasteiger charge is 2.29. The minimum Gasteiger partial charge on any atom is -0.355 e. The van der Waals surface area contributed by atoms with Gasteiger partial charge in [-0.1, -0.05) is 23.7 Å². The first-order valence-corrected chi connectivity index (χ1v) is 10.8. The van der Waals surface area contributed by atoms with Gasteiger partial charge >= 0.3 is 6.03 Å². The van der Waals surface area contributed by atoms with E-state index in [2.05, 4.69) is 20.6 Å². The van der Waals surface area contributed by atoms with Crippen LogP contribution in [0.5, 0.6) is 0 Å². The summed E-state index contributed by atoms with van der Waals surface area (Å²) in [4.78, 5) is 22.9. The van der Waals surface area contributed by atoms with Crippen LogP contribution < -0.4 is 15.5 Å². The van der Waals surface area contributed by atoms with Crippen LogP contribution in [0.15, 0.2) is 42.6 Å². The Morgan fingerprint density at radius 3 is 2.62 bits per heavy atom. The predicted octanol–water partition coefficient (Wildman–Crippen LogP) is 5.49. The largest absolute Gasteiger partial charge is 0.355 e. The number of nitrogens with zero attached hydrogens (tertiary/aromatic N) is 3. The quantitative estimate of drug-likeness (QED) is 0.541. The number of alkyl halides is 2. The Morgan fingerprint density at radius 1 is 1.16 bits per heavy atom. The first-order valence-electron chi connectivity index (χ1n) is 10.4. The number of carbonyl (C=O) groups is 1. The first kappa shape index (κ1) is 22.2. The van der Waals surface area contributed by atoms with Crippen molar-refractivity contribution in [3.8, 4) is 0 Å². The highest BCUT2D eigenvalue weighted by molar-refractivity contribution is 6.32. The van der Waals surface area contributed by atoms with Crippen LogP contribution >= 0.6 is 11.6 Å². The number of anilines is 2. The molecule has 1 fully saturated rings. The molecule has 0 atom stereocenters. The van der Waals surface area contributed by atoms with Gasteiger partial charge in [0.05, 0.1) is 10.7 Å². The van der Waals surface area contributed by atoms with E-state index in [-0.39, 0.29) is 17.8 Å². The SMILES string of the molecule is Cc1nccc2c(NC(=O)NC3CCN(c4nc(C(C)(F)F)ccc4Cl)CC3)cccc12. The molecular formula is C23H24ClF2N5O. The topological polar surface area (TPSA) is 70.2 Å². The van der Waals surface area contributed by atoms with Crippen molar-refractivity contribution in [3.05, 3.63) is 59.0 Å². The van der Waals surface area contributed by atoms with Crippen molar-refractivity contribution in [2.45, 2.75) is 38.7 Å². The van der Waals surface area contributed by atoms with Crippen LogP contribution in [0.25, 0.3) is 10.8 Å². The minimum atomic E-state index is -3.03. The number of fused-ring (bicyclic) bond motifs is 1. The molecule has 32 heavy (non-hydrogen) atoms. The van der Waals surface area contributed by atoms with Crippen LogP contribution in [-0.2, 0) is 5.92 Å². The number of amides is 2. The van der Waals surface area contributed by atoms with Gasteiger partial charge in [0.2, 0.25) is 0 Å². The monoisotopic (exact) mass is 459 g/mol. The summed E-state index contributed by atoms with van der Waals surface area (Å²) in [5.74, 6) is -2.68. The van der Waals surface area contributed by atoms with Gasteiger partial charge in [0.15, 0.2) is 0 Å². The number of rotatable bonds is 4. The maximum absolute atomic E-state index is 13.7. The van der Waals surface area contributed by atoms with Crippen LogP contribution in [0, 0.1) is 6.92 Å². The summed E-state index contributed by atoms with van der Waals surface area (Å²) >= 11 is 6.22. The van der Waals surface area contributed by atoms with Crippen LogP contribution in [-0.4, -0.2) is 35.1 Å². The molecule has 0 saturated carbocycles. The number of pyridine rings is 2. The fourth-order valence-electron chi connectivity index (χ4n) is 3.94. The molecule has 2 aromatic heterocycles. The lowest BCUT2D eigenvalue weighted by atomic mass is 10.0. The number of hydrogen-bond donors (Lipinski definition) is 2. The molecule has 1 aromatic carbocycles. The number of benzene rings is 1. The molecule has 9 heteroatoms. The summed E-state index contributed by atoms with van der Waals surface area (Å²) in [5, 5.41) is 8.18. The van der Waals surface area contributed by atoms with Gasteiger partial charge < -0.3 is 15.5 Å². The highest BCUT2D eigenvalue weighted by Crippen LogP contribution is 2.32. The smallest absolute Gasteiger partial charge is 0.319 e. The summed E-state index contributed by atoms with van der Waals surface area (Å²) in [5.41, 5.74) is 1.31. The zero-order valence-corrected chi connectivity index (χ0v) is 18.6. The zero-order valence-electron chi connectivity index (χ0n) is 17.8. The van der Waals surface area contributed by atoms with E-state index < -0.39 is 5.92 Å². The van der Waals surface area contributed by atoms with Gasteiger partial charge in [0.1, 0.15) is 11.5 Å². The summed E-state index contributed by atoms with van der Waals surface area (Å²) in [7, 11) is 0. The molecule has 1 saturated heterocycles. The van der Waals surface area contributed by atoms with Crippen molar-refractivity contribution in [1.29, 1.82) is 0 Å². The van der Waals surface area contributed by atoms with Crippen molar-refractivity contribution in [1.82, 2.24) is 15.3 Å². The van der Waals surface area contributed by atoms with E-state index in [0.29, 0.717) is 36.8 Å². The Morgan fingerprint density at radius 2 is 1.91 bits per heavy atom. The maximum Gasteiger partial charge on any atom is 0.319 e. The lowest BCUT2D eigenvalue weighted by molar-refractivity contribution is 0.0128. The standard InChI is InChI=1S/C23H24ClF2N5O/c1-14-16-4-3-5-19(17(16)8-11-27-14)29-22(32)28-15-9-12-31(13-10-15)21-18(24)6-7-20(30-21)23(2,25)26/h3-8,11,15H,9-10,12-13H2,1-2H3,(H2,28,29,32). The average molecular weight is 460 g/mol. The number of urea groups is 1. The van der Waals surface area contributed by atoms with E-state index in [0.717, 1.165) is 29.1 Å². The van der Waals surface area contributed by atoms with Gasteiger partial charge in [0.25, 0.3) is 5.92 Å². The molecule has 0 unspecified atom stereocenters. The normalized spacial score (nSPS) is 15.1. The van der Waals surface area contributed by atoms with Crippen LogP contribution in [0.4, 0.5) is 25.1 Å². The number of hydrogen-bond acceptors (Lipinski definition) is 4. The van der Waals surface area contributed by atoms with E-state index >= 15 is 0 Å². The lowest BCUT2D eigenvalue weighted by Gasteiger charge is -2.34. The molecule has 2 amide bonds. The van der Waals surface area contributed by atoms with Gasteiger partial charge in [-0.3, -0.25) is 4.98 Å². The molecule has 168 valence electrons. The Kier molecular flexibility index (Phi) is 6.15. The summed E-state index contributed by atoms with van der Waals surface area (Å²) in [6.45, 7) is 3.85. The second kappa shape index (κ2) is 8.86. The van der Waals surface area contributed by atoms with Gasteiger partial charge in [-0.15, -0.1) is 0 Å². The van der Waals surface area contributed by atoms with Crippen molar-refractivity contribution < 1.29 is 13.6 Å². The molecule has 0 radical (unpaired) electrons. The summed E-state index contributed by atoms with van der Waals surface area (Å²) < 4.78 is 27.3. The molecule has 1 aliphatic heterocycles. The number of halogens is 3. The van der Waals surface area contributed by atoms with Crippen molar-refractivity contribution in [3.63, 3.8) is 0 Å². The Hall–Kier alpha value is -3.00. The van der Waals surface area contributed by atoms with Crippen molar-refractivity contribution in [2.24, 2.45) is 0 Å². The fraction of sp³-hybridized carbons (Fsp3) is 0.348. The molecule has 1 aliphatic rings. The van der Waals surface area contributed by atoms with Crippen LogP contribution in [0.2, 0.25) is 5.02 Å². The Balaban J connectivity index is 1.38. The Labute approximate surface area is 190 Å². The second-order valence-corrected chi connectivity index (χ2v) is 8.45. The third-order valence-electron chi connectivity index (χ3n) is 5.66. The molecule has 3 heterocycles. The summed E-state index contributed by atoms with van der Waals surface area (Å²) in [6, 6.07) is 9.96. The molecule has 0 spiro atoms. The van der Waals surface area contributed by atoms with E-state index in [1.54, 1.807) is 6.20 Å². The van der Waals surface area contributed by atoms with E-state index in [4.69, 9.17) is 11.6 Å². The Bertz CT molecular complexity index is 1140.